The Morgan fingerprint density at radius 3 is 1.91 bits per heavy atom. The van der Waals surface area contributed by atoms with Crippen LogP contribution in [0.4, 0.5) is 13.2 Å². The van der Waals surface area contributed by atoms with Crippen LogP contribution in [0.25, 0.3) is 22.3 Å². The molecule has 33 heavy (non-hydrogen) atoms. The number of aliphatic hydroxyl groups is 1. The van der Waals surface area contributed by atoms with Gasteiger partial charge in [0.25, 0.3) is 0 Å². The zero-order chi connectivity index (χ0) is 23.4. The van der Waals surface area contributed by atoms with Gasteiger partial charge in [-0.3, -0.25) is 0 Å². The average Bonchev–Trinajstić information content (AvgIpc) is 2.85. The fourth-order valence-corrected chi connectivity index (χ4v) is 3.45. The lowest BCUT2D eigenvalue weighted by Crippen LogP contribution is -2.00. The van der Waals surface area contributed by atoms with Crippen LogP contribution >= 0.6 is 0 Å². The van der Waals surface area contributed by atoms with Gasteiger partial charge in [-0.2, -0.15) is 4.39 Å². The zero-order valence-electron chi connectivity index (χ0n) is 17.8. The van der Waals surface area contributed by atoms with Crippen molar-refractivity contribution in [3.8, 4) is 33.8 Å². The normalized spacial score (nSPS) is 10.8. The summed E-state index contributed by atoms with van der Waals surface area (Å²) >= 11 is 0. The molecule has 0 amide bonds. The monoisotopic (exact) mass is 450 g/mol. The van der Waals surface area contributed by atoms with Crippen LogP contribution in [0, 0.1) is 17.5 Å². The molecule has 0 aliphatic carbocycles. The number of methoxy groups -OCH3 is 1. The molecule has 0 saturated carbocycles. The molecule has 0 aromatic heterocycles. The van der Waals surface area contributed by atoms with Gasteiger partial charge in [-0.05, 0) is 46.5 Å². The molecule has 0 atom stereocenters. The Morgan fingerprint density at radius 1 is 0.697 bits per heavy atom. The van der Waals surface area contributed by atoms with E-state index in [0.29, 0.717) is 28.0 Å². The SMILES string of the molecule is COc1ccc(-c2ccc(COc3ccc(-c4ccc(CO)cc4)c(F)c3F)cc2)c(F)c1. The lowest BCUT2D eigenvalue weighted by atomic mass is 10.0. The topological polar surface area (TPSA) is 38.7 Å². The minimum Gasteiger partial charge on any atom is -0.497 e. The van der Waals surface area contributed by atoms with Gasteiger partial charge < -0.3 is 14.6 Å². The lowest BCUT2D eigenvalue weighted by molar-refractivity contribution is 0.282. The fraction of sp³-hybridized carbons (Fsp3) is 0.111. The molecule has 0 fully saturated rings. The number of hydrogen-bond acceptors (Lipinski definition) is 3. The highest BCUT2D eigenvalue weighted by Gasteiger charge is 2.16. The largest absolute Gasteiger partial charge is 0.497 e. The first-order valence-corrected chi connectivity index (χ1v) is 10.2. The summed E-state index contributed by atoms with van der Waals surface area (Å²) in [5, 5.41) is 9.12. The third-order valence-corrected chi connectivity index (χ3v) is 5.33. The number of hydrogen-bond donors (Lipinski definition) is 1. The van der Waals surface area contributed by atoms with E-state index < -0.39 is 17.5 Å². The molecule has 6 heteroatoms. The summed E-state index contributed by atoms with van der Waals surface area (Å²) in [7, 11) is 1.47. The summed E-state index contributed by atoms with van der Waals surface area (Å²) < 4.78 is 54.0. The number of benzene rings is 4. The van der Waals surface area contributed by atoms with Gasteiger partial charge in [-0.15, -0.1) is 0 Å². The molecule has 0 bridgehead atoms. The van der Waals surface area contributed by atoms with E-state index in [0.717, 1.165) is 5.56 Å². The summed E-state index contributed by atoms with van der Waals surface area (Å²) in [4.78, 5) is 0. The van der Waals surface area contributed by atoms with Crippen LogP contribution < -0.4 is 9.47 Å². The summed E-state index contributed by atoms with van der Waals surface area (Å²) in [5.74, 6) is -2.25. The summed E-state index contributed by atoms with van der Waals surface area (Å²) in [6, 6.07) is 21.0. The molecule has 0 radical (unpaired) electrons. The third-order valence-electron chi connectivity index (χ3n) is 5.33. The molecule has 4 rings (SSSR count). The van der Waals surface area contributed by atoms with E-state index >= 15 is 0 Å². The van der Waals surface area contributed by atoms with Crippen molar-refractivity contribution in [2.75, 3.05) is 7.11 Å². The number of ether oxygens (including phenoxy) is 2. The van der Waals surface area contributed by atoms with Crippen molar-refractivity contribution in [3.05, 3.63) is 107 Å². The van der Waals surface area contributed by atoms with Gasteiger partial charge in [0.05, 0.1) is 13.7 Å². The molecule has 4 aromatic rings. The highest BCUT2D eigenvalue weighted by Crippen LogP contribution is 2.31. The van der Waals surface area contributed by atoms with E-state index in [1.54, 1.807) is 60.7 Å². The van der Waals surface area contributed by atoms with Crippen molar-refractivity contribution < 1.29 is 27.8 Å². The van der Waals surface area contributed by atoms with Crippen LogP contribution in [0.2, 0.25) is 0 Å². The van der Waals surface area contributed by atoms with Crippen LogP contribution in [0.3, 0.4) is 0 Å². The van der Waals surface area contributed by atoms with Gasteiger partial charge in [0.2, 0.25) is 5.82 Å². The molecule has 4 aromatic carbocycles. The van der Waals surface area contributed by atoms with Crippen LogP contribution in [-0.4, -0.2) is 12.2 Å². The minimum atomic E-state index is -1.07. The fourth-order valence-electron chi connectivity index (χ4n) is 3.45. The van der Waals surface area contributed by atoms with Gasteiger partial charge in [0.15, 0.2) is 11.6 Å². The van der Waals surface area contributed by atoms with E-state index in [9.17, 15) is 13.2 Å². The molecular formula is C27H21F3O3. The highest BCUT2D eigenvalue weighted by molar-refractivity contribution is 5.66. The van der Waals surface area contributed by atoms with E-state index in [4.69, 9.17) is 14.6 Å². The first-order valence-electron chi connectivity index (χ1n) is 10.2. The quantitative estimate of drug-likeness (QED) is 0.349. The predicted octanol–water partition coefficient (Wildman–Crippen LogP) is 6.52. The minimum absolute atomic E-state index is 0.0201. The first-order chi connectivity index (χ1) is 16.0. The molecule has 0 aliphatic heterocycles. The van der Waals surface area contributed by atoms with Gasteiger partial charge in [0.1, 0.15) is 18.2 Å². The Labute approximate surface area is 189 Å². The van der Waals surface area contributed by atoms with Crippen molar-refractivity contribution in [2.24, 2.45) is 0 Å². The van der Waals surface area contributed by atoms with Crippen molar-refractivity contribution >= 4 is 0 Å². The van der Waals surface area contributed by atoms with Crippen molar-refractivity contribution in [1.29, 1.82) is 0 Å². The maximum absolute atomic E-state index is 14.6. The number of rotatable bonds is 7. The van der Waals surface area contributed by atoms with E-state index in [1.807, 2.05) is 0 Å². The Kier molecular flexibility index (Phi) is 6.66. The lowest BCUT2D eigenvalue weighted by Gasteiger charge is -2.12. The average molecular weight is 450 g/mol. The van der Waals surface area contributed by atoms with Crippen LogP contribution in [0.1, 0.15) is 11.1 Å². The first kappa shape index (κ1) is 22.4. The van der Waals surface area contributed by atoms with Crippen LogP contribution in [0.5, 0.6) is 11.5 Å². The molecule has 0 spiro atoms. The molecule has 1 N–H and O–H groups in total. The van der Waals surface area contributed by atoms with Gasteiger partial charge in [-0.1, -0.05) is 48.5 Å². The van der Waals surface area contributed by atoms with E-state index in [-0.39, 0.29) is 24.5 Å². The summed E-state index contributed by atoms with van der Waals surface area (Å²) in [6.07, 6.45) is 0. The smallest absolute Gasteiger partial charge is 0.201 e. The van der Waals surface area contributed by atoms with Crippen LogP contribution in [0.15, 0.2) is 78.9 Å². The zero-order valence-corrected chi connectivity index (χ0v) is 17.8. The van der Waals surface area contributed by atoms with Gasteiger partial charge >= 0.3 is 0 Å². The second kappa shape index (κ2) is 9.79. The maximum Gasteiger partial charge on any atom is 0.201 e. The Balaban J connectivity index is 1.47. The third kappa shape index (κ3) is 4.86. The van der Waals surface area contributed by atoms with Crippen molar-refractivity contribution in [3.63, 3.8) is 0 Å². The summed E-state index contributed by atoms with van der Waals surface area (Å²) in [5.41, 5.74) is 3.11. The second-order valence-corrected chi connectivity index (χ2v) is 7.43. The number of aliphatic hydroxyl groups excluding tert-OH is 1. The van der Waals surface area contributed by atoms with Crippen LogP contribution in [-0.2, 0) is 13.2 Å². The standard InChI is InChI=1S/C27H21F3O3/c1-32-21-10-11-22(24(28)14-21)19-8-4-18(5-9-19)16-33-25-13-12-23(26(29)27(25)30)20-6-2-17(15-31)3-7-20/h2-14,31H,15-16H2,1H3. The summed E-state index contributed by atoms with van der Waals surface area (Å²) in [6.45, 7) is -0.105. The number of halogens is 3. The molecule has 168 valence electrons. The highest BCUT2D eigenvalue weighted by atomic mass is 19.2. The van der Waals surface area contributed by atoms with Crippen molar-refractivity contribution in [2.45, 2.75) is 13.2 Å². The Morgan fingerprint density at radius 2 is 1.30 bits per heavy atom. The molecule has 3 nitrogen and oxygen atoms in total. The second-order valence-electron chi connectivity index (χ2n) is 7.43. The van der Waals surface area contributed by atoms with Crippen molar-refractivity contribution in [1.82, 2.24) is 0 Å². The van der Waals surface area contributed by atoms with Gasteiger partial charge in [-0.25, -0.2) is 8.78 Å². The van der Waals surface area contributed by atoms with Gasteiger partial charge in [0, 0.05) is 17.2 Å². The Bertz CT molecular complexity index is 1250. The molecule has 0 heterocycles. The van der Waals surface area contributed by atoms with E-state index in [1.165, 1.54) is 25.3 Å². The predicted molar refractivity (Wildman–Crippen MR) is 120 cm³/mol. The molecule has 0 unspecified atom stereocenters. The maximum atomic E-state index is 14.6. The molecule has 0 saturated heterocycles. The Hall–Kier alpha value is -3.77. The van der Waals surface area contributed by atoms with E-state index in [2.05, 4.69) is 0 Å². The molecule has 0 aliphatic rings. The molecular weight excluding hydrogens is 429 g/mol.